The van der Waals surface area contributed by atoms with Crippen LogP contribution in [0.25, 0.3) is 121 Å². The number of rotatable bonds is 3. The topological polar surface area (TPSA) is 35.1 Å². The summed E-state index contributed by atoms with van der Waals surface area (Å²) in [5.74, 6) is 0.655. The number of hydrogen-bond acceptors (Lipinski definition) is 2. The van der Waals surface area contributed by atoms with E-state index < -0.39 is 0 Å². The van der Waals surface area contributed by atoms with Gasteiger partial charge in [0.1, 0.15) is 0 Å². The molecule has 0 saturated carbocycles. The summed E-state index contributed by atoms with van der Waals surface area (Å²) in [4.78, 5) is 11.3. The molecule has 0 radical (unpaired) electrons. The lowest BCUT2D eigenvalue weighted by molar-refractivity contribution is 1.02. The van der Waals surface area contributed by atoms with Gasteiger partial charge in [0.25, 0.3) is 0 Å². The second-order valence-electron chi connectivity index (χ2n) is 14.9. The molecule has 0 aliphatic heterocycles. The summed E-state index contributed by atoms with van der Waals surface area (Å²) in [6, 6.07) is 65.8. The van der Waals surface area contributed by atoms with E-state index in [4.69, 9.17) is 9.97 Å². The lowest BCUT2D eigenvalue weighted by Gasteiger charge is -2.17. The molecule has 0 aliphatic rings. The summed E-state index contributed by atoms with van der Waals surface area (Å²) < 4.78 is 4.78. The Hall–Kier alpha value is -7.56. The lowest BCUT2D eigenvalue weighted by atomic mass is 9.92. The van der Waals surface area contributed by atoms with Crippen molar-refractivity contribution in [2.45, 2.75) is 0 Å². The second-order valence-corrected chi connectivity index (χ2v) is 14.9. The molecule has 0 fully saturated rings. The van der Waals surface area contributed by atoms with Gasteiger partial charge in [-0.1, -0.05) is 146 Å². The van der Waals surface area contributed by atoms with Gasteiger partial charge in [0.2, 0.25) is 5.95 Å². The van der Waals surface area contributed by atoms with Gasteiger partial charge in [-0.15, -0.1) is 0 Å². The van der Waals surface area contributed by atoms with Crippen LogP contribution in [-0.4, -0.2) is 18.9 Å². The van der Waals surface area contributed by atoms with Crippen molar-refractivity contribution in [1.82, 2.24) is 18.9 Å². The predicted octanol–water partition coefficient (Wildman–Crippen LogP) is 13.5. The van der Waals surface area contributed by atoms with Crippen molar-refractivity contribution >= 4 is 92.3 Å². The van der Waals surface area contributed by atoms with Crippen LogP contribution in [0.5, 0.6) is 0 Å². The van der Waals surface area contributed by atoms with Crippen LogP contribution in [0.4, 0.5) is 0 Å². The van der Waals surface area contributed by atoms with Crippen LogP contribution < -0.4 is 0 Å². The molecule has 13 rings (SSSR count). The summed E-state index contributed by atoms with van der Waals surface area (Å²) in [7, 11) is 0. The minimum Gasteiger partial charge on any atom is -0.308 e. The highest BCUT2D eigenvalue weighted by atomic mass is 15.2. The molecule has 0 bridgehead atoms. The van der Waals surface area contributed by atoms with Gasteiger partial charge in [0, 0.05) is 43.3 Å². The Labute approximate surface area is 320 Å². The van der Waals surface area contributed by atoms with Crippen molar-refractivity contribution in [3.05, 3.63) is 182 Å². The van der Waals surface area contributed by atoms with Crippen LogP contribution in [0.3, 0.4) is 0 Å². The number of benzene rings is 9. The average Bonchev–Trinajstić information content (AvgIpc) is 3.75. The predicted molar refractivity (Wildman–Crippen MR) is 234 cm³/mol. The van der Waals surface area contributed by atoms with E-state index in [0.717, 1.165) is 55.1 Å². The maximum atomic E-state index is 5.65. The van der Waals surface area contributed by atoms with Gasteiger partial charge in [-0.3, -0.25) is 4.57 Å². The van der Waals surface area contributed by atoms with Crippen LogP contribution in [0, 0.1) is 0 Å². The number of aromatic nitrogens is 4. The van der Waals surface area contributed by atoms with E-state index in [-0.39, 0.29) is 0 Å². The molecule has 4 heteroatoms. The standard InChI is InChI=1S/C52H30N4/c1-2-14-32(15-3-1)49-47-41(35-28-27-31-13-4-5-16-33(31)29-35)30-34-17-6-7-18-36(34)50(47)54-52(53-49)56-43-24-11-20-38-40-22-10-21-39-37-19-8-9-23-42(37)55(51(39)40)44-25-12-26-45(56)48(44)46(38)43/h1-30H. The third-order valence-corrected chi connectivity index (χ3v) is 12.0. The van der Waals surface area contributed by atoms with E-state index in [1.807, 2.05) is 0 Å². The highest BCUT2D eigenvalue weighted by Gasteiger charge is 2.25. The maximum Gasteiger partial charge on any atom is 0.235 e. The fourth-order valence-corrected chi connectivity index (χ4v) is 9.66. The Balaban J connectivity index is 1.22. The molecule has 13 aromatic rings. The normalized spacial score (nSPS) is 12.3. The third-order valence-electron chi connectivity index (χ3n) is 12.0. The Morgan fingerprint density at radius 3 is 1.86 bits per heavy atom. The molecule has 0 saturated heterocycles. The molecule has 9 aromatic carbocycles. The maximum absolute atomic E-state index is 5.65. The molecular weight excluding hydrogens is 681 g/mol. The molecule has 0 aliphatic carbocycles. The molecule has 0 unspecified atom stereocenters. The summed E-state index contributed by atoms with van der Waals surface area (Å²) in [5, 5.41) is 13.1. The molecule has 0 atom stereocenters. The Kier molecular flexibility index (Phi) is 5.86. The molecule has 258 valence electrons. The smallest absolute Gasteiger partial charge is 0.235 e. The molecule has 0 N–H and O–H groups in total. The Bertz CT molecular complexity index is 3760. The van der Waals surface area contributed by atoms with Crippen molar-refractivity contribution in [3.8, 4) is 28.3 Å². The molecule has 4 aromatic heterocycles. The van der Waals surface area contributed by atoms with Gasteiger partial charge >= 0.3 is 0 Å². The van der Waals surface area contributed by atoms with Crippen molar-refractivity contribution in [1.29, 1.82) is 0 Å². The SMILES string of the molecule is c1ccc(-c2nc(-n3c4cccc5c6cccc7c8ccccc8n(c8cccc3c8c54)c67)nc3c2c(-c2ccc4ccccc4c2)cc2ccccc23)cc1. The second kappa shape index (κ2) is 11.0. The number of fused-ring (bicyclic) bond motifs is 9. The van der Waals surface area contributed by atoms with Crippen molar-refractivity contribution in [2.24, 2.45) is 0 Å². The summed E-state index contributed by atoms with van der Waals surface area (Å²) in [5.41, 5.74) is 11.0. The zero-order chi connectivity index (χ0) is 36.5. The minimum absolute atomic E-state index is 0.655. The van der Waals surface area contributed by atoms with Crippen molar-refractivity contribution < 1.29 is 0 Å². The van der Waals surface area contributed by atoms with E-state index in [2.05, 4.69) is 191 Å². The highest BCUT2D eigenvalue weighted by Crippen LogP contribution is 2.45. The zero-order valence-corrected chi connectivity index (χ0v) is 30.1. The van der Waals surface area contributed by atoms with Crippen LogP contribution >= 0.6 is 0 Å². The van der Waals surface area contributed by atoms with Gasteiger partial charge in [-0.05, 0) is 69.1 Å². The number of para-hydroxylation sites is 2. The lowest BCUT2D eigenvalue weighted by Crippen LogP contribution is -2.04. The molecule has 56 heavy (non-hydrogen) atoms. The fourth-order valence-electron chi connectivity index (χ4n) is 9.66. The van der Waals surface area contributed by atoms with Crippen LogP contribution in [-0.2, 0) is 0 Å². The van der Waals surface area contributed by atoms with E-state index >= 15 is 0 Å². The zero-order valence-electron chi connectivity index (χ0n) is 30.1. The van der Waals surface area contributed by atoms with Gasteiger partial charge in [-0.25, -0.2) is 9.97 Å². The summed E-state index contributed by atoms with van der Waals surface area (Å²) in [6.45, 7) is 0. The van der Waals surface area contributed by atoms with Crippen molar-refractivity contribution in [2.75, 3.05) is 0 Å². The number of hydrogen-bond donors (Lipinski definition) is 0. The quantitative estimate of drug-likeness (QED) is 0.171. The van der Waals surface area contributed by atoms with Gasteiger partial charge in [-0.2, -0.15) is 0 Å². The monoisotopic (exact) mass is 710 g/mol. The summed E-state index contributed by atoms with van der Waals surface area (Å²) >= 11 is 0. The summed E-state index contributed by atoms with van der Waals surface area (Å²) in [6.07, 6.45) is 0. The first-order valence-corrected chi connectivity index (χ1v) is 19.2. The molecule has 0 spiro atoms. The first-order chi connectivity index (χ1) is 27.8. The minimum atomic E-state index is 0.655. The van der Waals surface area contributed by atoms with Crippen LogP contribution in [0.15, 0.2) is 182 Å². The molecule has 4 heterocycles. The molecule has 4 nitrogen and oxygen atoms in total. The third kappa shape index (κ3) is 3.92. The van der Waals surface area contributed by atoms with E-state index in [1.54, 1.807) is 0 Å². The first kappa shape index (κ1) is 29.8. The first-order valence-electron chi connectivity index (χ1n) is 19.2. The Morgan fingerprint density at radius 2 is 0.982 bits per heavy atom. The van der Waals surface area contributed by atoms with E-state index in [0.29, 0.717) is 5.95 Å². The van der Waals surface area contributed by atoms with Gasteiger partial charge < -0.3 is 4.40 Å². The van der Waals surface area contributed by atoms with Gasteiger partial charge in [0.05, 0.1) is 38.8 Å². The largest absolute Gasteiger partial charge is 0.308 e. The number of nitrogens with zero attached hydrogens (tertiary/aromatic N) is 4. The average molecular weight is 711 g/mol. The van der Waals surface area contributed by atoms with Crippen molar-refractivity contribution in [3.63, 3.8) is 0 Å². The Morgan fingerprint density at radius 1 is 0.357 bits per heavy atom. The van der Waals surface area contributed by atoms with E-state index in [1.165, 1.54) is 59.6 Å². The van der Waals surface area contributed by atoms with Gasteiger partial charge in [0.15, 0.2) is 0 Å². The highest BCUT2D eigenvalue weighted by molar-refractivity contribution is 6.31. The fraction of sp³-hybridized carbons (Fsp3) is 0. The molecular formula is C52H30N4. The van der Waals surface area contributed by atoms with Crippen LogP contribution in [0.2, 0.25) is 0 Å². The van der Waals surface area contributed by atoms with Crippen LogP contribution in [0.1, 0.15) is 0 Å². The molecule has 0 amide bonds. The van der Waals surface area contributed by atoms with E-state index in [9.17, 15) is 0 Å².